The lowest BCUT2D eigenvalue weighted by molar-refractivity contribution is -0.137. The highest BCUT2D eigenvalue weighted by atomic mass is 19.4. The summed E-state index contributed by atoms with van der Waals surface area (Å²) in [6.07, 6.45) is -1.04. The highest BCUT2D eigenvalue weighted by molar-refractivity contribution is 5.76. The third-order valence-corrected chi connectivity index (χ3v) is 3.28. The van der Waals surface area contributed by atoms with E-state index in [0.29, 0.717) is 37.5 Å². The Morgan fingerprint density at radius 3 is 2.71 bits per heavy atom. The molecule has 0 aliphatic heterocycles. The number of benzene rings is 1. The van der Waals surface area contributed by atoms with E-state index < -0.39 is 11.7 Å². The van der Waals surface area contributed by atoms with E-state index in [1.165, 1.54) is 6.07 Å². The second kappa shape index (κ2) is 6.93. The summed E-state index contributed by atoms with van der Waals surface area (Å²) < 4.78 is 37.6. The van der Waals surface area contributed by atoms with Gasteiger partial charge in [-0.2, -0.15) is 13.2 Å². The van der Waals surface area contributed by atoms with Gasteiger partial charge in [-0.25, -0.2) is 0 Å². The van der Waals surface area contributed by atoms with E-state index in [2.05, 4.69) is 10.6 Å². The molecule has 1 aromatic rings. The number of hydrogen-bond donors (Lipinski definition) is 2. The zero-order valence-electron chi connectivity index (χ0n) is 11.7. The van der Waals surface area contributed by atoms with E-state index in [1.807, 2.05) is 0 Å². The predicted molar refractivity (Wildman–Crippen MR) is 73.5 cm³/mol. The number of hydrogen-bond acceptors (Lipinski definition) is 2. The Bertz CT molecular complexity index is 484. The van der Waals surface area contributed by atoms with Gasteiger partial charge in [-0.05, 0) is 37.4 Å². The minimum atomic E-state index is -4.31. The zero-order valence-corrected chi connectivity index (χ0v) is 11.7. The van der Waals surface area contributed by atoms with Gasteiger partial charge >= 0.3 is 6.18 Å². The fourth-order valence-corrected chi connectivity index (χ4v) is 1.99. The van der Waals surface area contributed by atoms with Crippen molar-refractivity contribution >= 4 is 5.91 Å². The van der Waals surface area contributed by atoms with Crippen LogP contribution in [-0.2, 0) is 17.5 Å². The summed E-state index contributed by atoms with van der Waals surface area (Å²) in [5.74, 6) is 0.0540. The molecule has 0 saturated heterocycles. The van der Waals surface area contributed by atoms with Gasteiger partial charge in [-0.1, -0.05) is 18.2 Å². The highest BCUT2D eigenvalue weighted by Crippen LogP contribution is 2.29. The summed E-state index contributed by atoms with van der Waals surface area (Å²) in [4.78, 5) is 11.4. The average Bonchev–Trinajstić information content (AvgIpc) is 3.21. The van der Waals surface area contributed by atoms with Crippen molar-refractivity contribution in [2.45, 2.75) is 44.4 Å². The van der Waals surface area contributed by atoms with Crippen molar-refractivity contribution in [2.75, 3.05) is 6.54 Å². The fraction of sp³-hybridized carbons (Fsp3) is 0.533. The van der Waals surface area contributed by atoms with Crippen LogP contribution in [0.2, 0.25) is 0 Å². The van der Waals surface area contributed by atoms with E-state index in [4.69, 9.17) is 0 Å². The standard InChI is InChI=1S/C15H19F3N2O/c16-15(17,18)12-4-1-3-11(9-12)10-19-8-2-5-14(21)20-13-6-7-13/h1,3-4,9,13,19H,2,5-8,10H2,(H,20,21). The summed E-state index contributed by atoms with van der Waals surface area (Å²) in [5.41, 5.74) is -0.0436. The molecule has 0 bridgehead atoms. The topological polar surface area (TPSA) is 41.1 Å². The summed E-state index contributed by atoms with van der Waals surface area (Å²) in [7, 11) is 0. The summed E-state index contributed by atoms with van der Waals surface area (Å²) >= 11 is 0. The molecule has 0 radical (unpaired) electrons. The third kappa shape index (κ3) is 5.75. The van der Waals surface area contributed by atoms with E-state index >= 15 is 0 Å². The molecule has 1 saturated carbocycles. The number of amides is 1. The van der Waals surface area contributed by atoms with Gasteiger partial charge in [-0.3, -0.25) is 4.79 Å². The quantitative estimate of drug-likeness (QED) is 0.760. The normalized spacial score (nSPS) is 15.0. The van der Waals surface area contributed by atoms with Crippen molar-refractivity contribution in [1.82, 2.24) is 10.6 Å². The number of halogens is 3. The lowest BCUT2D eigenvalue weighted by Crippen LogP contribution is -2.26. The van der Waals surface area contributed by atoms with Crippen molar-refractivity contribution in [3.05, 3.63) is 35.4 Å². The number of carbonyl (C=O) groups is 1. The third-order valence-electron chi connectivity index (χ3n) is 3.28. The molecular formula is C15H19F3N2O. The van der Waals surface area contributed by atoms with Crippen LogP contribution in [0.1, 0.15) is 36.8 Å². The van der Waals surface area contributed by atoms with Crippen LogP contribution in [0, 0.1) is 0 Å². The van der Waals surface area contributed by atoms with Gasteiger partial charge < -0.3 is 10.6 Å². The molecule has 0 aromatic heterocycles. The van der Waals surface area contributed by atoms with Gasteiger partial charge in [0.15, 0.2) is 0 Å². The van der Waals surface area contributed by atoms with Gasteiger partial charge in [0.05, 0.1) is 5.56 Å². The fourth-order valence-electron chi connectivity index (χ4n) is 1.99. The molecule has 1 aliphatic carbocycles. The lowest BCUT2D eigenvalue weighted by Gasteiger charge is -2.09. The second-order valence-corrected chi connectivity index (χ2v) is 5.32. The van der Waals surface area contributed by atoms with Crippen LogP contribution in [-0.4, -0.2) is 18.5 Å². The Kier molecular flexibility index (Phi) is 5.22. The molecule has 1 amide bonds. The molecule has 0 spiro atoms. The first-order valence-electron chi connectivity index (χ1n) is 7.11. The van der Waals surface area contributed by atoms with Gasteiger partial charge in [0.1, 0.15) is 0 Å². The summed E-state index contributed by atoms with van der Waals surface area (Å²) in [6, 6.07) is 5.64. The first-order valence-corrected chi connectivity index (χ1v) is 7.11. The summed E-state index contributed by atoms with van der Waals surface area (Å²) in [5, 5.41) is 5.95. The number of rotatable bonds is 7. The molecule has 116 valence electrons. The van der Waals surface area contributed by atoms with Crippen molar-refractivity contribution in [3.63, 3.8) is 0 Å². The Morgan fingerprint density at radius 2 is 2.05 bits per heavy atom. The SMILES string of the molecule is O=C(CCCNCc1cccc(C(F)(F)F)c1)NC1CC1. The molecule has 1 aromatic carbocycles. The Balaban J connectivity index is 1.65. The van der Waals surface area contributed by atoms with Crippen LogP contribution in [0.25, 0.3) is 0 Å². The first-order chi connectivity index (χ1) is 9.95. The molecule has 0 heterocycles. The molecule has 1 aliphatic rings. The number of alkyl halides is 3. The van der Waals surface area contributed by atoms with Gasteiger partial charge in [0.25, 0.3) is 0 Å². The molecule has 2 N–H and O–H groups in total. The van der Waals surface area contributed by atoms with Crippen LogP contribution in [0.5, 0.6) is 0 Å². The molecule has 0 unspecified atom stereocenters. The molecule has 6 heteroatoms. The van der Waals surface area contributed by atoms with Crippen LogP contribution < -0.4 is 10.6 Å². The minimum Gasteiger partial charge on any atom is -0.353 e. The van der Waals surface area contributed by atoms with Crippen molar-refractivity contribution in [1.29, 1.82) is 0 Å². The van der Waals surface area contributed by atoms with E-state index in [-0.39, 0.29) is 5.91 Å². The van der Waals surface area contributed by atoms with Crippen molar-refractivity contribution in [3.8, 4) is 0 Å². The number of nitrogens with one attached hydrogen (secondary N) is 2. The maximum Gasteiger partial charge on any atom is 0.416 e. The van der Waals surface area contributed by atoms with Gasteiger partial charge in [0.2, 0.25) is 5.91 Å². The Morgan fingerprint density at radius 1 is 1.29 bits per heavy atom. The molecular weight excluding hydrogens is 281 g/mol. The minimum absolute atomic E-state index is 0.0540. The van der Waals surface area contributed by atoms with E-state index in [0.717, 1.165) is 25.0 Å². The molecule has 2 rings (SSSR count). The molecule has 3 nitrogen and oxygen atoms in total. The van der Waals surface area contributed by atoms with E-state index in [1.54, 1.807) is 6.07 Å². The van der Waals surface area contributed by atoms with Crippen LogP contribution in [0.15, 0.2) is 24.3 Å². The lowest BCUT2D eigenvalue weighted by atomic mass is 10.1. The summed E-state index contributed by atoms with van der Waals surface area (Å²) in [6.45, 7) is 0.975. The van der Waals surface area contributed by atoms with E-state index in [9.17, 15) is 18.0 Å². The first kappa shape index (κ1) is 15.8. The van der Waals surface area contributed by atoms with Crippen LogP contribution in [0.3, 0.4) is 0 Å². The second-order valence-electron chi connectivity index (χ2n) is 5.32. The monoisotopic (exact) mass is 300 g/mol. The van der Waals surface area contributed by atoms with Gasteiger partial charge in [-0.15, -0.1) is 0 Å². The molecule has 1 fully saturated rings. The molecule has 21 heavy (non-hydrogen) atoms. The predicted octanol–water partition coefficient (Wildman–Crippen LogP) is 2.85. The van der Waals surface area contributed by atoms with Crippen LogP contribution >= 0.6 is 0 Å². The maximum atomic E-state index is 12.5. The zero-order chi connectivity index (χ0) is 15.3. The Labute approximate surface area is 121 Å². The van der Waals surface area contributed by atoms with Crippen molar-refractivity contribution < 1.29 is 18.0 Å². The highest BCUT2D eigenvalue weighted by Gasteiger charge is 2.30. The smallest absolute Gasteiger partial charge is 0.353 e. The van der Waals surface area contributed by atoms with Crippen molar-refractivity contribution in [2.24, 2.45) is 0 Å². The average molecular weight is 300 g/mol. The van der Waals surface area contributed by atoms with Crippen LogP contribution in [0.4, 0.5) is 13.2 Å². The Hall–Kier alpha value is -1.56. The maximum absolute atomic E-state index is 12.5. The molecule has 0 atom stereocenters. The van der Waals surface area contributed by atoms with Gasteiger partial charge in [0, 0.05) is 19.0 Å². The largest absolute Gasteiger partial charge is 0.416 e. The number of carbonyl (C=O) groups excluding carboxylic acids is 1.